The first-order valence-electron chi connectivity index (χ1n) is 5.27. The van der Waals surface area contributed by atoms with E-state index in [1.54, 1.807) is 6.20 Å². The topological polar surface area (TPSA) is 51.4 Å². The van der Waals surface area contributed by atoms with Crippen LogP contribution in [0.3, 0.4) is 0 Å². The number of aromatic nitrogens is 1. The fourth-order valence-corrected chi connectivity index (χ4v) is 1.95. The van der Waals surface area contributed by atoms with Crippen molar-refractivity contribution in [1.82, 2.24) is 4.98 Å². The maximum Gasteiger partial charge on any atom is 0.128 e. The van der Waals surface area contributed by atoms with Gasteiger partial charge in [0.2, 0.25) is 0 Å². The Hall–Kier alpha value is -0.710. The first-order chi connectivity index (χ1) is 7.15. The van der Waals surface area contributed by atoms with E-state index >= 15 is 0 Å². The second-order valence-corrected chi connectivity index (χ2v) is 4.11. The number of anilines is 2. The normalized spacial score (nSPS) is 23.5. The molecule has 0 aromatic carbocycles. The lowest BCUT2D eigenvalue weighted by Gasteiger charge is -2.36. The van der Waals surface area contributed by atoms with Crippen LogP contribution in [0.25, 0.3) is 0 Å². The van der Waals surface area contributed by atoms with Crippen LogP contribution in [0.2, 0.25) is 0 Å². The number of nitrogens with zero attached hydrogens (tertiary/aromatic N) is 2. The number of hydrogen-bond acceptors (Lipinski definition) is 4. The molecule has 0 amide bonds. The molecule has 0 bridgehead atoms. The Bertz CT molecular complexity index is 324. The molecule has 2 N–H and O–H groups in total. The largest absolute Gasteiger partial charge is 0.397 e. The Labute approximate surface area is 114 Å². The molecular formula is C11H19Cl2N3O. The lowest BCUT2D eigenvalue weighted by atomic mass is 10.2. The van der Waals surface area contributed by atoms with Crippen molar-refractivity contribution in [2.45, 2.75) is 26.1 Å². The predicted octanol–water partition coefficient (Wildman–Crippen LogP) is 2.12. The van der Waals surface area contributed by atoms with Gasteiger partial charge in [0.1, 0.15) is 5.82 Å². The minimum absolute atomic E-state index is 0. The van der Waals surface area contributed by atoms with Crippen LogP contribution in [0.5, 0.6) is 0 Å². The summed E-state index contributed by atoms with van der Waals surface area (Å²) in [7, 11) is 0. The van der Waals surface area contributed by atoms with E-state index in [1.165, 1.54) is 0 Å². The molecule has 0 radical (unpaired) electrons. The van der Waals surface area contributed by atoms with Gasteiger partial charge in [-0.25, -0.2) is 4.98 Å². The minimum Gasteiger partial charge on any atom is -0.397 e. The minimum atomic E-state index is 0. The molecule has 1 aromatic rings. The Morgan fingerprint density at radius 1 is 1.24 bits per heavy atom. The number of morpholine rings is 1. The van der Waals surface area contributed by atoms with Gasteiger partial charge in [0.25, 0.3) is 0 Å². The molecule has 4 nitrogen and oxygen atoms in total. The Balaban J connectivity index is 0.00000128. The van der Waals surface area contributed by atoms with Crippen molar-refractivity contribution < 1.29 is 4.74 Å². The third-order valence-electron chi connectivity index (χ3n) is 2.51. The molecule has 0 spiro atoms. The van der Waals surface area contributed by atoms with Crippen LogP contribution in [-0.4, -0.2) is 30.3 Å². The highest BCUT2D eigenvalue weighted by Crippen LogP contribution is 2.18. The fourth-order valence-electron chi connectivity index (χ4n) is 1.95. The van der Waals surface area contributed by atoms with Crippen molar-refractivity contribution in [2.75, 3.05) is 23.7 Å². The van der Waals surface area contributed by atoms with Gasteiger partial charge in [0, 0.05) is 13.1 Å². The van der Waals surface area contributed by atoms with Crippen LogP contribution in [0.4, 0.5) is 11.5 Å². The van der Waals surface area contributed by atoms with E-state index in [0.717, 1.165) is 18.9 Å². The van der Waals surface area contributed by atoms with Gasteiger partial charge in [0.05, 0.1) is 24.1 Å². The van der Waals surface area contributed by atoms with E-state index in [1.807, 2.05) is 12.1 Å². The number of halogens is 2. The van der Waals surface area contributed by atoms with Crippen molar-refractivity contribution >= 4 is 36.3 Å². The van der Waals surface area contributed by atoms with Gasteiger partial charge in [-0.05, 0) is 26.0 Å². The first-order valence-corrected chi connectivity index (χ1v) is 5.27. The molecule has 1 fully saturated rings. The van der Waals surface area contributed by atoms with Crippen LogP contribution >= 0.6 is 24.8 Å². The number of rotatable bonds is 1. The smallest absolute Gasteiger partial charge is 0.128 e. The summed E-state index contributed by atoms with van der Waals surface area (Å²) in [5, 5.41) is 0. The summed E-state index contributed by atoms with van der Waals surface area (Å²) >= 11 is 0. The third-order valence-corrected chi connectivity index (χ3v) is 2.51. The predicted molar refractivity (Wildman–Crippen MR) is 75.4 cm³/mol. The van der Waals surface area contributed by atoms with E-state index in [4.69, 9.17) is 10.5 Å². The molecule has 0 saturated carbocycles. The fraction of sp³-hybridized carbons (Fsp3) is 0.545. The molecule has 17 heavy (non-hydrogen) atoms. The van der Waals surface area contributed by atoms with E-state index in [2.05, 4.69) is 23.7 Å². The van der Waals surface area contributed by atoms with E-state index in [-0.39, 0.29) is 37.0 Å². The van der Waals surface area contributed by atoms with Crippen LogP contribution in [-0.2, 0) is 4.74 Å². The summed E-state index contributed by atoms with van der Waals surface area (Å²) in [5.74, 6) is 0.978. The Morgan fingerprint density at radius 3 is 2.29 bits per heavy atom. The van der Waals surface area contributed by atoms with Crippen molar-refractivity contribution in [1.29, 1.82) is 0 Å². The molecule has 2 heterocycles. The Morgan fingerprint density at radius 2 is 1.82 bits per heavy atom. The van der Waals surface area contributed by atoms with Gasteiger partial charge in [-0.15, -0.1) is 24.8 Å². The van der Waals surface area contributed by atoms with Gasteiger partial charge in [-0.1, -0.05) is 0 Å². The van der Waals surface area contributed by atoms with Crippen molar-refractivity contribution in [3.8, 4) is 0 Å². The standard InChI is InChI=1S/C11H17N3O.2ClH/c1-8-6-14(7-9(2)15-8)11-4-3-10(12)5-13-11;;/h3-5,8-9H,6-7,12H2,1-2H3;2*1H. The van der Waals surface area contributed by atoms with Crippen molar-refractivity contribution in [3.05, 3.63) is 18.3 Å². The molecule has 1 saturated heterocycles. The van der Waals surface area contributed by atoms with Crippen molar-refractivity contribution in [2.24, 2.45) is 0 Å². The van der Waals surface area contributed by atoms with Gasteiger partial charge in [-0.2, -0.15) is 0 Å². The van der Waals surface area contributed by atoms with Gasteiger partial charge in [0.15, 0.2) is 0 Å². The summed E-state index contributed by atoms with van der Waals surface area (Å²) in [5.41, 5.74) is 6.31. The third kappa shape index (κ3) is 4.22. The van der Waals surface area contributed by atoms with Crippen LogP contribution in [0, 0.1) is 0 Å². The van der Waals surface area contributed by atoms with Crippen molar-refractivity contribution in [3.63, 3.8) is 0 Å². The zero-order valence-electron chi connectivity index (χ0n) is 10.00. The second kappa shape index (κ2) is 6.89. The maximum atomic E-state index is 5.67. The number of ether oxygens (including phenoxy) is 1. The highest BCUT2D eigenvalue weighted by atomic mass is 35.5. The summed E-state index contributed by atoms with van der Waals surface area (Å²) in [6, 6.07) is 3.84. The molecular weight excluding hydrogens is 261 g/mol. The molecule has 6 heteroatoms. The van der Waals surface area contributed by atoms with Crippen LogP contribution in [0.1, 0.15) is 13.8 Å². The van der Waals surface area contributed by atoms with Gasteiger partial charge >= 0.3 is 0 Å². The number of nitrogens with two attached hydrogens (primary N) is 1. The van der Waals surface area contributed by atoms with E-state index in [0.29, 0.717) is 5.69 Å². The summed E-state index contributed by atoms with van der Waals surface area (Å²) in [4.78, 5) is 6.55. The zero-order chi connectivity index (χ0) is 10.8. The zero-order valence-corrected chi connectivity index (χ0v) is 11.6. The van der Waals surface area contributed by atoms with Crippen LogP contribution < -0.4 is 10.6 Å². The lowest BCUT2D eigenvalue weighted by molar-refractivity contribution is -0.00545. The molecule has 0 aliphatic carbocycles. The molecule has 2 atom stereocenters. The average molecular weight is 280 g/mol. The average Bonchev–Trinajstić information content (AvgIpc) is 2.17. The van der Waals surface area contributed by atoms with Crippen LogP contribution in [0.15, 0.2) is 18.3 Å². The number of nitrogen functional groups attached to an aromatic ring is 1. The highest BCUT2D eigenvalue weighted by molar-refractivity contribution is 5.85. The number of pyridine rings is 1. The molecule has 1 aromatic heterocycles. The molecule has 1 aliphatic heterocycles. The SMILES string of the molecule is CC1CN(c2ccc(N)cn2)CC(C)O1.Cl.Cl. The van der Waals surface area contributed by atoms with Gasteiger partial charge in [-0.3, -0.25) is 0 Å². The highest BCUT2D eigenvalue weighted by Gasteiger charge is 2.22. The lowest BCUT2D eigenvalue weighted by Crippen LogP contribution is -2.45. The molecule has 1 aliphatic rings. The van der Waals surface area contributed by atoms with E-state index in [9.17, 15) is 0 Å². The maximum absolute atomic E-state index is 5.67. The Kier molecular flexibility index (Phi) is 6.60. The molecule has 98 valence electrons. The summed E-state index contributed by atoms with van der Waals surface area (Å²) in [6.07, 6.45) is 2.21. The summed E-state index contributed by atoms with van der Waals surface area (Å²) in [6.45, 7) is 5.95. The number of hydrogen-bond donors (Lipinski definition) is 1. The van der Waals surface area contributed by atoms with Gasteiger partial charge < -0.3 is 15.4 Å². The quantitative estimate of drug-likeness (QED) is 0.856. The van der Waals surface area contributed by atoms with E-state index < -0.39 is 0 Å². The molecule has 2 rings (SSSR count). The second-order valence-electron chi connectivity index (χ2n) is 4.11. The monoisotopic (exact) mass is 279 g/mol. The summed E-state index contributed by atoms with van der Waals surface area (Å²) < 4.78 is 5.67. The molecule has 2 unspecified atom stereocenters. The first kappa shape index (κ1) is 16.3.